The fraction of sp³-hybridized carbons (Fsp3) is 1.00. The van der Waals surface area contributed by atoms with E-state index >= 15 is 0 Å². The van der Waals surface area contributed by atoms with Crippen LogP contribution >= 0.6 is 7.81 Å². The van der Waals surface area contributed by atoms with Crippen molar-refractivity contribution in [2.24, 2.45) is 0 Å². The van der Waals surface area contributed by atoms with Crippen molar-refractivity contribution in [2.45, 2.75) is 53.4 Å². The Hall–Kier alpha value is -0.0300. The van der Waals surface area contributed by atoms with Gasteiger partial charge in [0, 0.05) is 0 Å². The molecule has 0 spiro atoms. The molecule has 0 aromatic rings. The van der Waals surface area contributed by atoms with E-state index in [0.29, 0.717) is 0 Å². The number of hydrogen-bond donors (Lipinski definition) is 0. The number of halogens is 6. The average molecular weight is 331 g/mol. The molecule has 0 amide bonds. The Morgan fingerprint density at radius 1 is 0.550 bits per heavy atom. The summed E-state index contributed by atoms with van der Waals surface area (Å²) in [7, 11) is -10.7. The van der Waals surface area contributed by atoms with Crippen molar-refractivity contribution >= 4 is 7.81 Å². The quantitative estimate of drug-likeness (QED) is 0.260. The third-order valence-corrected chi connectivity index (χ3v) is 2.79. The van der Waals surface area contributed by atoms with Gasteiger partial charge in [-0.1, -0.05) is 27.7 Å². The molecule has 0 N–H and O–H groups in total. The van der Waals surface area contributed by atoms with Crippen LogP contribution in [0.15, 0.2) is 0 Å². The van der Waals surface area contributed by atoms with E-state index in [-0.39, 0.29) is 0 Å². The normalized spacial score (nSPS) is 15.9. The molecule has 0 fully saturated rings. The molecule has 1 nitrogen and oxygen atoms in total. The van der Waals surface area contributed by atoms with Gasteiger partial charge in [0.15, 0.2) is 0 Å². The summed E-state index contributed by atoms with van der Waals surface area (Å²) in [4.78, 5) is 0. The van der Waals surface area contributed by atoms with Gasteiger partial charge >= 0.3 is 33.0 Å². The van der Waals surface area contributed by atoms with Crippen molar-refractivity contribution < 1.29 is 29.7 Å². The molecule has 0 unspecified atom stereocenters. The average Bonchev–Trinajstić information content (AvgIpc) is 2.14. The van der Waals surface area contributed by atoms with Crippen molar-refractivity contribution in [3.63, 3.8) is 0 Å². The Morgan fingerprint density at radius 3 is 0.800 bits per heavy atom. The Balaban J connectivity index is 0. The molecule has 0 aliphatic rings. The minimum absolute atomic E-state index is 1.33. The molecule has 0 radical (unpaired) electrons. The van der Waals surface area contributed by atoms with Crippen molar-refractivity contribution in [3.8, 4) is 0 Å². The van der Waals surface area contributed by atoms with Gasteiger partial charge in [0.2, 0.25) is 0 Å². The first-order valence-electron chi connectivity index (χ1n) is 7.11. The first-order valence-corrected chi connectivity index (χ1v) is 9.14. The van der Waals surface area contributed by atoms with Gasteiger partial charge in [-0.05, 0) is 25.7 Å². The third kappa shape index (κ3) is 20.3. The van der Waals surface area contributed by atoms with Crippen LogP contribution in [0.5, 0.6) is 0 Å². The second kappa shape index (κ2) is 7.30. The maximum atomic E-state index is 9.87. The summed E-state index contributed by atoms with van der Waals surface area (Å²) in [5, 5.41) is 0. The molecular formula is C12H28F6NP. The van der Waals surface area contributed by atoms with E-state index in [1.54, 1.807) is 0 Å². The van der Waals surface area contributed by atoms with Crippen molar-refractivity contribution in [1.82, 2.24) is 0 Å². The second-order valence-corrected chi connectivity index (χ2v) is 7.11. The standard InChI is InChI=1S/C12H28N.F6P/c1-5-9-13(10-6-2,11-7-3)12-8-4;1-7(2,3,4,5)6/h5-12H2,1-4H3;/q+1;-1. The number of nitrogens with zero attached hydrogens (tertiary/aromatic N) is 1. The van der Waals surface area contributed by atoms with Gasteiger partial charge in [-0.3, -0.25) is 0 Å². The van der Waals surface area contributed by atoms with Crippen molar-refractivity contribution in [3.05, 3.63) is 0 Å². The molecule has 0 saturated heterocycles. The van der Waals surface area contributed by atoms with Crippen LogP contribution in [0, 0.1) is 0 Å². The van der Waals surface area contributed by atoms with Gasteiger partial charge < -0.3 is 4.48 Å². The van der Waals surface area contributed by atoms with E-state index in [9.17, 15) is 25.2 Å². The first kappa shape index (κ1) is 22.3. The van der Waals surface area contributed by atoms with Crippen molar-refractivity contribution in [1.29, 1.82) is 0 Å². The van der Waals surface area contributed by atoms with Gasteiger partial charge in [0.1, 0.15) is 0 Å². The van der Waals surface area contributed by atoms with Crippen LogP contribution in [0.1, 0.15) is 53.4 Å². The maximum absolute atomic E-state index is 10.7. The molecular weight excluding hydrogens is 303 g/mol. The number of rotatable bonds is 8. The van der Waals surface area contributed by atoms with Gasteiger partial charge in [0.05, 0.1) is 26.2 Å². The predicted octanol–water partition coefficient (Wildman–Crippen LogP) is 6.83. The van der Waals surface area contributed by atoms with Gasteiger partial charge in [-0.25, -0.2) is 0 Å². The van der Waals surface area contributed by atoms with Gasteiger partial charge in [-0.15, -0.1) is 0 Å². The molecule has 0 bridgehead atoms. The topological polar surface area (TPSA) is 0 Å². The second-order valence-electron chi connectivity index (χ2n) is 5.19. The van der Waals surface area contributed by atoms with E-state index in [4.69, 9.17) is 0 Å². The summed E-state index contributed by atoms with van der Waals surface area (Å²) in [5.41, 5.74) is 0. The van der Waals surface area contributed by atoms with Crippen LogP contribution < -0.4 is 0 Å². The molecule has 0 heterocycles. The molecule has 0 atom stereocenters. The Morgan fingerprint density at radius 2 is 0.700 bits per heavy atom. The predicted molar refractivity (Wildman–Crippen MR) is 74.5 cm³/mol. The minimum atomic E-state index is -10.7. The van der Waals surface area contributed by atoms with Crippen LogP contribution in [0.25, 0.3) is 0 Å². The summed E-state index contributed by atoms with van der Waals surface area (Å²) in [6, 6.07) is 0. The van der Waals surface area contributed by atoms with Crippen LogP contribution in [0.4, 0.5) is 25.2 Å². The van der Waals surface area contributed by atoms with Crippen LogP contribution in [-0.2, 0) is 0 Å². The molecule has 0 saturated carbocycles. The van der Waals surface area contributed by atoms with E-state index in [2.05, 4.69) is 27.7 Å². The monoisotopic (exact) mass is 331 g/mol. The molecule has 0 aromatic heterocycles. The molecule has 0 aliphatic carbocycles. The SMILES string of the molecule is CCC[N+](CCC)(CCC)CCC.F[P-](F)(F)(F)(F)F. The molecule has 128 valence electrons. The number of hydrogen-bond acceptors (Lipinski definition) is 0. The zero-order valence-corrected chi connectivity index (χ0v) is 13.7. The summed E-state index contributed by atoms with van der Waals surface area (Å²) >= 11 is 0. The fourth-order valence-corrected chi connectivity index (χ4v) is 2.57. The molecule has 8 heteroatoms. The Labute approximate surface area is 118 Å². The Bertz CT molecular complexity index is 220. The summed E-state index contributed by atoms with van der Waals surface area (Å²) < 4.78 is 60.6. The third-order valence-electron chi connectivity index (χ3n) is 2.79. The van der Waals surface area contributed by atoms with E-state index in [0.717, 1.165) is 0 Å². The summed E-state index contributed by atoms with van der Waals surface area (Å²) in [5.74, 6) is 0. The van der Waals surface area contributed by atoms with E-state index < -0.39 is 7.81 Å². The number of quaternary nitrogens is 1. The van der Waals surface area contributed by atoms with E-state index in [1.807, 2.05) is 0 Å². The van der Waals surface area contributed by atoms with Crippen LogP contribution in [0.3, 0.4) is 0 Å². The van der Waals surface area contributed by atoms with Crippen LogP contribution in [-0.4, -0.2) is 30.7 Å². The zero-order valence-electron chi connectivity index (χ0n) is 12.8. The molecule has 0 aromatic carbocycles. The summed E-state index contributed by atoms with van der Waals surface area (Å²) in [6.07, 6.45) is 5.33. The molecule has 0 rings (SSSR count). The first-order chi connectivity index (χ1) is 8.69. The van der Waals surface area contributed by atoms with Gasteiger partial charge in [-0.2, -0.15) is 0 Å². The summed E-state index contributed by atoms with van der Waals surface area (Å²) in [6.45, 7) is 14.8. The Kier molecular flexibility index (Phi) is 8.12. The molecule has 20 heavy (non-hydrogen) atoms. The molecule has 0 aliphatic heterocycles. The van der Waals surface area contributed by atoms with Gasteiger partial charge in [0.25, 0.3) is 0 Å². The fourth-order valence-electron chi connectivity index (χ4n) is 2.57. The zero-order chi connectivity index (χ0) is 16.6. The van der Waals surface area contributed by atoms with E-state index in [1.165, 1.54) is 56.3 Å². The van der Waals surface area contributed by atoms with Crippen LogP contribution in [0.2, 0.25) is 0 Å². The van der Waals surface area contributed by atoms with Crippen molar-refractivity contribution in [2.75, 3.05) is 26.2 Å².